The van der Waals surface area contributed by atoms with Crippen molar-refractivity contribution in [2.45, 2.75) is 45.1 Å². The van der Waals surface area contributed by atoms with Gasteiger partial charge in [0.25, 0.3) is 0 Å². The Morgan fingerprint density at radius 1 is 1.21 bits per heavy atom. The maximum Gasteiger partial charge on any atom is 0.148 e. The maximum atomic E-state index is 11.0. The van der Waals surface area contributed by atoms with E-state index < -0.39 is 9.84 Å². The van der Waals surface area contributed by atoms with E-state index in [1.807, 2.05) is 7.05 Å². The molecule has 0 saturated heterocycles. The zero-order valence-electron chi connectivity index (χ0n) is 9.54. The summed E-state index contributed by atoms with van der Waals surface area (Å²) in [6, 6.07) is 0.127. The Labute approximate surface area is 88.2 Å². The van der Waals surface area contributed by atoms with E-state index in [1.54, 1.807) is 0 Å². The predicted molar refractivity (Wildman–Crippen MR) is 61.3 cm³/mol. The van der Waals surface area contributed by atoms with Crippen LogP contribution in [-0.4, -0.2) is 33.5 Å². The molecule has 1 atom stereocenters. The van der Waals surface area contributed by atoms with Crippen LogP contribution in [0.1, 0.15) is 39.0 Å². The molecule has 0 amide bonds. The summed E-state index contributed by atoms with van der Waals surface area (Å²) in [6.45, 7) is 2.17. The van der Waals surface area contributed by atoms with Crippen LogP contribution in [0.5, 0.6) is 0 Å². The first kappa shape index (κ1) is 13.9. The van der Waals surface area contributed by atoms with Crippen molar-refractivity contribution in [3.63, 3.8) is 0 Å². The molecule has 0 aromatic heterocycles. The normalized spacial score (nSPS) is 14.2. The first-order valence-corrected chi connectivity index (χ1v) is 7.40. The highest BCUT2D eigenvalue weighted by molar-refractivity contribution is 7.90. The average molecular weight is 221 g/mol. The van der Waals surface area contributed by atoms with Gasteiger partial charge in [0.1, 0.15) is 9.84 Å². The quantitative estimate of drug-likeness (QED) is 0.633. The van der Waals surface area contributed by atoms with Gasteiger partial charge in [0.05, 0.1) is 5.75 Å². The lowest BCUT2D eigenvalue weighted by atomic mass is 10.1. The molecule has 86 valence electrons. The molecule has 4 heteroatoms. The topological polar surface area (TPSA) is 46.2 Å². The van der Waals surface area contributed by atoms with Gasteiger partial charge in [0.2, 0.25) is 0 Å². The van der Waals surface area contributed by atoms with Crippen molar-refractivity contribution in [1.82, 2.24) is 5.32 Å². The molecular formula is C10H23NO2S. The van der Waals surface area contributed by atoms with E-state index in [1.165, 1.54) is 25.5 Å². The molecule has 0 rings (SSSR count). The largest absolute Gasteiger partial charge is 0.316 e. The second-order valence-electron chi connectivity index (χ2n) is 3.93. The second kappa shape index (κ2) is 7.23. The van der Waals surface area contributed by atoms with Crippen LogP contribution in [0.15, 0.2) is 0 Å². The minimum atomic E-state index is -2.84. The predicted octanol–water partition coefficient (Wildman–Crippen LogP) is 1.59. The van der Waals surface area contributed by atoms with Gasteiger partial charge < -0.3 is 5.32 Å². The number of hydrogen-bond acceptors (Lipinski definition) is 3. The van der Waals surface area contributed by atoms with Gasteiger partial charge in [0, 0.05) is 12.3 Å². The summed E-state index contributed by atoms with van der Waals surface area (Å²) in [5.41, 5.74) is 0. The molecule has 0 heterocycles. The van der Waals surface area contributed by atoms with E-state index in [0.717, 1.165) is 12.8 Å². The molecule has 0 aliphatic carbocycles. The number of sulfone groups is 1. The third-order valence-corrected chi connectivity index (χ3v) is 3.33. The second-order valence-corrected chi connectivity index (χ2v) is 6.11. The summed E-state index contributed by atoms with van der Waals surface area (Å²) >= 11 is 0. The lowest BCUT2D eigenvalue weighted by Gasteiger charge is -2.14. The monoisotopic (exact) mass is 221 g/mol. The lowest BCUT2D eigenvalue weighted by Crippen LogP contribution is -2.32. The number of rotatable bonds is 8. The molecule has 1 unspecified atom stereocenters. The summed E-state index contributed by atoms with van der Waals surface area (Å²) in [5.74, 6) is 0.260. The third-order valence-electron chi connectivity index (χ3n) is 2.32. The van der Waals surface area contributed by atoms with Crippen molar-refractivity contribution >= 4 is 9.84 Å². The Balaban J connectivity index is 3.69. The molecule has 0 fully saturated rings. The van der Waals surface area contributed by atoms with Gasteiger partial charge in [0.15, 0.2) is 0 Å². The van der Waals surface area contributed by atoms with Crippen LogP contribution in [0, 0.1) is 0 Å². The van der Waals surface area contributed by atoms with Gasteiger partial charge in [-0.1, -0.05) is 32.6 Å². The first-order valence-electron chi connectivity index (χ1n) is 5.34. The molecule has 0 radical (unpaired) electrons. The van der Waals surface area contributed by atoms with Gasteiger partial charge >= 0.3 is 0 Å². The van der Waals surface area contributed by atoms with Crippen molar-refractivity contribution in [3.8, 4) is 0 Å². The van der Waals surface area contributed by atoms with Crippen molar-refractivity contribution < 1.29 is 8.42 Å². The average Bonchev–Trinajstić information content (AvgIpc) is 2.08. The standard InChI is InChI=1S/C10H23NO2S/c1-4-5-6-7-8-10(11-2)9-14(3,12)13/h10-11H,4-9H2,1-3H3. The molecule has 3 nitrogen and oxygen atoms in total. The van der Waals surface area contributed by atoms with E-state index in [2.05, 4.69) is 12.2 Å². The Bertz CT molecular complexity index is 224. The SMILES string of the molecule is CCCCCCC(CS(C)(=O)=O)NC. The van der Waals surface area contributed by atoms with Crippen molar-refractivity contribution in [1.29, 1.82) is 0 Å². The molecule has 1 N–H and O–H groups in total. The number of hydrogen-bond donors (Lipinski definition) is 1. The van der Waals surface area contributed by atoms with E-state index in [4.69, 9.17) is 0 Å². The highest BCUT2D eigenvalue weighted by atomic mass is 32.2. The number of unbranched alkanes of at least 4 members (excludes halogenated alkanes) is 3. The molecule has 0 aliphatic heterocycles. The molecule has 0 spiro atoms. The number of nitrogens with one attached hydrogen (secondary N) is 1. The Morgan fingerprint density at radius 3 is 2.29 bits per heavy atom. The molecular weight excluding hydrogens is 198 g/mol. The fraction of sp³-hybridized carbons (Fsp3) is 1.00. The van der Waals surface area contributed by atoms with Crippen LogP contribution in [0.3, 0.4) is 0 Å². The third kappa shape index (κ3) is 8.51. The van der Waals surface area contributed by atoms with Crippen molar-refractivity contribution in [2.24, 2.45) is 0 Å². The minimum absolute atomic E-state index is 0.127. The summed E-state index contributed by atoms with van der Waals surface area (Å²) in [4.78, 5) is 0. The first-order chi connectivity index (χ1) is 6.49. The van der Waals surface area contributed by atoms with Gasteiger partial charge in [-0.2, -0.15) is 0 Å². The summed E-state index contributed by atoms with van der Waals surface area (Å²) in [5, 5.41) is 3.06. The van der Waals surface area contributed by atoms with Crippen LogP contribution in [0.2, 0.25) is 0 Å². The van der Waals surface area contributed by atoms with Crippen LogP contribution >= 0.6 is 0 Å². The lowest BCUT2D eigenvalue weighted by molar-refractivity contribution is 0.510. The van der Waals surface area contributed by atoms with Crippen molar-refractivity contribution in [3.05, 3.63) is 0 Å². The van der Waals surface area contributed by atoms with E-state index >= 15 is 0 Å². The van der Waals surface area contributed by atoms with E-state index in [0.29, 0.717) is 0 Å². The smallest absolute Gasteiger partial charge is 0.148 e. The summed E-state index contributed by atoms with van der Waals surface area (Å²) < 4.78 is 22.1. The molecule has 14 heavy (non-hydrogen) atoms. The van der Waals surface area contributed by atoms with Crippen LogP contribution < -0.4 is 5.32 Å². The molecule has 0 aromatic rings. The van der Waals surface area contributed by atoms with Gasteiger partial charge in [-0.05, 0) is 13.5 Å². The fourth-order valence-electron chi connectivity index (χ4n) is 1.49. The van der Waals surface area contributed by atoms with E-state index in [9.17, 15) is 8.42 Å². The molecule has 0 saturated carbocycles. The molecule has 0 aliphatic rings. The summed E-state index contributed by atoms with van der Waals surface area (Å²) in [6.07, 6.45) is 7.05. The Hall–Kier alpha value is -0.0900. The van der Waals surface area contributed by atoms with Crippen LogP contribution in [-0.2, 0) is 9.84 Å². The zero-order chi connectivity index (χ0) is 11.0. The highest BCUT2D eigenvalue weighted by Crippen LogP contribution is 2.06. The molecule has 0 aromatic carbocycles. The molecule has 0 bridgehead atoms. The van der Waals surface area contributed by atoms with Gasteiger partial charge in [-0.15, -0.1) is 0 Å². The minimum Gasteiger partial charge on any atom is -0.316 e. The van der Waals surface area contributed by atoms with E-state index in [-0.39, 0.29) is 11.8 Å². The van der Waals surface area contributed by atoms with Crippen LogP contribution in [0.4, 0.5) is 0 Å². The maximum absolute atomic E-state index is 11.0. The zero-order valence-corrected chi connectivity index (χ0v) is 10.4. The van der Waals surface area contributed by atoms with Crippen LogP contribution in [0.25, 0.3) is 0 Å². The van der Waals surface area contributed by atoms with Crippen molar-refractivity contribution in [2.75, 3.05) is 19.1 Å². The highest BCUT2D eigenvalue weighted by Gasteiger charge is 2.12. The van der Waals surface area contributed by atoms with Gasteiger partial charge in [-0.3, -0.25) is 0 Å². The van der Waals surface area contributed by atoms with Gasteiger partial charge in [-0.25, -0.2) is 8.42 Å². The Morgan fingerprint density at radius 2 is 1.86 bits per heavy atom. The fourth-order valence-corrected chi connectivity index (χ4v) is 2.56. The summed E-state index contributed by atoms with van der Waals surface area (Å²) in [7, 11) is -1.01. The Kier molecular flexibility index (Phi) is 7.19.